The average Bonchev–Trinajstić information content (AvgIpc) is 2.48. The minimum absolute atomic E-state index is 0.0198. The number of sulfonamides is 1. The maximum absolute atomic E-state index is 12.5. The highest BCUT2D eigenvalue weighted by molar-refractivity contribution is 7.89. The summed E-state index contributed by atoms with van der Waals surface area (Å²) < 4.78 is 26.4. The number of nitrogens with zero attached hydrogens (tertiary/aromatic N) is 3. The third-order valence-electron chi connectivity index (χ3n) is 3.33. The van der Waals surface area contributed by atoms with Gasteiger partial charge in [-0.3, -0.25) is 14.7 Å². The summed E-state index contributed by atoms with van der Waals surface area (Å²) >= 11 is 5.94. The van der Waals surface area contributed by atoms with Crippen LogP contribution in [0, 0.1) is 0 Å². The van der Waals surface area contributed by atoms with E-state index in [2.05, 4.69) is 10.3 Å². The molecule has 1 fully saturated rings. The highest BCUT2D eigenvalue weighted by atomic mass is 35.5. The van der Waals surface area contributed by atoms with Crippen LogP contribution < -0.4 is 5.32 Å². The summed E-state index contributed by atoms with van der Waals surface area (Å²) in [7, 11) is -2.06. The molecule has 0 atom stereocenters. The lowest BCUT2D eigenvalue weighted by atomic mass is 10.3. The molecule has 1 aliphatic heterocycles. The molecule has 7 nitrogen and oxygen atoms in total. The summed E-state index contributed by atoms with van der Waals surface area (Å²) in [6.45, 7) is 1.93. The fourth-order valence-corrected chi connectivity index (χ4v) is 3.93. The van der Waals surface area contributed by atoms with E-state index in [-0.39, 0.29) is 22.4 Å². The van der Waals surface area contributed by atoms with E-state index in [9.17, 15) is 13.2 Å². The van der Waals surface area contributed by atoms with Crippen molar-refractivity contribution >= 4 is 27.5 Å². The van der Waals surface area contributed by atoms with Gasteiger partial charge in [0.05, 0.1) is 11.6 Å². The lowest BCUT2D eigenvalue weighted by Crippen LogP contribution is -2.50. The molecule has 0 bridgehead atoms. The number of halogens is 1. The number of carbonyl (C=O) groups excluding carboxylic acids is 1. The summed E-state index contributed by atoms with van der Waals surface area (Å²) in [6.07, 6.45) is 2.71. The van der Waals surface area contributed by atoms with E-state index >= 15 is 0 Å². The highest BCUT2D eigenvalue weighted by Gasteiger charge is 2.30. The van der Waals surface area contributed by atoms with Crippen molar-refractivity contribution in [2.24, 2.45) is 0 Å². The van der Waals surface area contributed by atoms with E-state index in [1.807, 2.05) is 4.90 Å². The molecule has 2 heterocycles. The van der Waals surface area contributed by atoms with Crippen molar-refractivity contribution in [2.75, 3.05) is 39.8 Å². The minimum atomic E-state index is -3.64. The fourth-order valence-electron chi connectivity index (χ4n) is 2.10. The Balaban J connectivity index is 2.05. The van der Waals surface area contributed by atoms with Gasteiger partial charge in [-0.25, -0.2) is 8.42 Å². The van der Waals surface area contributed by atoms with Crippen LogP contribution in [0.2, 0.25) is 5.02 Å². The number of amides is 1. The molecule has 0 radical (unpaired) electrons. The third-order valence-corrected chi connectivity index (χ3v) is 5.70. The van der Waals surface area contributed by atoms with Crippen LogP contribution in [0.15, 0.2) is 23.4 Å². The molecule has 0 unspecified atom stereocenters. The Labute approximate surface area is 128 Å². The monoisotopic (exact) mass is 332 g/mol. The van der Waals surface area contributed by atoms with E-state index in [0.29, 0.717) is 26.2 Å². The van der Waals surface area contributed by atoms with E-state index in [1.54, 1.807) is 7.05 Å². The molecule has 21 heavy (non-hydrogen) atoms. The van der Waals surface area contributed by atoms with Crippen LogP contribution in [-0.4, -0.2) is 68.3 Å². The van der Waals surface area contributed by atoms with Crippen LogP contribution in [0.5, 0.6) is 0 Å². The lowest BCUT2D eigenvalue weighted by Gasteiger charge is -2.33. The molecule has 1 aromatic heterocycles. The van der Waals surface area contributed by atoms with Crippen molar-refractivity contribution in [3.8, 4) is 0 Å². The minimum Gasteiger partial charge on any atom is -0.358 e. The van der Waals surface area contributed by atoms with E-state index in [4.69, 9.17) is 11.6 Å². The van der Waals surface area contributed by atoms with E-state index < -0.39 is 10.0 Å². The highest BCUT2D eigenvalue weighted by Crippen LogP contribution is 2.23. The van der Waals surface area contributed by atoms with Gasteiger partial charge < -0.3 is 5.32 Å². The lowest BCUT2D eigenvalue weighted by molar-refractivity contribution is -0.122. The average molecular weight is 333 g/mol. The van der Waals surface area contributed by atoms with Crippen molar-refractivity contribution in [2.45, 2.75) is 4.90 Å². The second kappa shape index (κ2) is 6.69. The molecule has 0 aromatic carbocycles. The summed E-state index contributed by atoms with van der Waals surface area (Å²) in [6, 6.07) is 1.45. The van der Waals surface area contributed by atoms with Gasteiger partial charge in [0.2, 0.25) is 15.9 Å². The van der Waals surface area contributed by atoms with Gasteiger partial charge in [0.25, 0.3) is 0 Å². The number of rotatable bonds is 4. The van der Waals surface area contributed by atoms with Gasteiger partial charge in [0.1, 0.15) is 4.90 Å². The predicted octanol–water partition coefficient (Wildman–Crippen LogP) is -0.213. The standard InChI is InChI=1S/C12H17ClN4O3S/c1-14-12(18)9-16-4-6-17(7-5-16)21(19,20)11-8-15-3-2-10(11)13/h2-3,8H,4-7,9H2,1H3,(H,14,18). The Bertz CT molecular complexity index is 615. The predicted molar refractivity (Wildman–Crippen MR) is 78.5 cm³/mol. The van der Waals surface area contributed by atoms with Crippen molar-refractivity contribution in [3.05, 3.63) is 23.5 Å². The molecular weight excluding hydrogens is 316 g/mol. The number of hydrogen-bond acceptors (Lipinski definition) is 5. The van der Waals surface area contributed by atoms with Crippen molar-refractivity contribution in [3.63, 3.8) is 0 Å². The first-order chi connectivity index (χ1) is 9.95. The first-order valence-corrected chi connectivity index (χ1v) is 8.29. The molecule has 0 aliphatic carbocycles. The van der Waals surface area contributed by atoms with Gasteiger partial charge in [-0.15, -0.1) is 0 Å². The number of likely N-dealkylation sites (N-methyl/N-ethyl adjacent to an activating group) is 1. The summed E-state index contributed by atoms with van der Waals surface area (Å²) in [4.78, 5) is 17.1. The number of aromatic nitrogens is 1. The van der Waals surface area contributed by atoms with Crippen molar-refractivity contribution < 1.29 is 13.2 Å². The molecule has 116 valence electrons. The molecule has 9 heteroatoms. The summed E-state index contributed by atoms with van der Waals surface area (Å²) in [5.74, 6) is -0.0818. The van der Waals surface area contributed by atoms with Gasteiger partial charge in [-0.1, -0.05) is 11.6 Å². The van der Waals surface area contributed by atoms with Crippen molar-refractivity contribution in [1.29, 1.82) is 0 Å². The van der Waals surface area contributed by atoms with Gasteiger partial charge in [-0.2, -0.15) is 4.31 Å². The number of carbonyl (C=O) groups is 1. The van der Waals surface area contributed by atoms with Crippen LogP contribution in [0.1, 0.15) is 0 Å². The first kappa shape index (κ1) is 16.2. The normalized spacial score (nSPS) is 17.6. The first-order valence-electron chi connectivity index (χ1n) is 6.47. The largest absolute Gasteiger partial charge is 0.358 e. The van der Waals surface area contributed by atoms with Crippen LogP contribution >= 0.6 is 11.6 Å². The zero-order chi connectivity index (χ0) is 15.5. The van der Waals surface area contributed by atoms with Gasteiger partial charge in [0.15, 0.2) is 0 Å². The number of pyridine rings is 1. The molecule has 1 N–H and O–H groups in total. The quantitative estimate of drug-likeness (QED) is 0.825. The maximum Gasteiger partial charge on any atom is 0.246 e. The van der Waals surface area contributed by atoms with Crippen LogP contribution in [-0.2, 0) is 14.8 Å². The SMILES string of the molecule is CNC(=O)CN1CCN(S(=O)(=O)c2cnccc2Cl)CC1. The summed E-state index contributed by atoms with van der Waals surface area (Å²) in [5, 5.41) is 2.71. The second-order valence-corrected chi connectivity index (χ2v) is 6.97. The number of hydrogen-bond donors (Lipinski definition) is 1. The number of nitrogens with one attached hydrogen (secondary N) is 1. The van der Waals surface area contributed by atoms with Gasteiger partial charge in [-0.05, 0) is 6.07 Å². The Hall–Kier alpha value is -1.22. The molecule has 1 aromatic rings. The molecule has 0 spiro atoms. The smallest absolute Gasteiger partial charge is 0.246 e. The Kier molecular flexibility index (Phi) is 5.15. The van der Waals surface area contributed by atoms with Crippen LogP contribution in [0.3, 0.4) is 0 Å². The topological polar surface area (TPSA) is 82.6 Å². The maximum atomic E-state index is 12.5. The zero-order valence-corrected chi connectivity index (χ0v) is 13.2. The zero-order valence-electron chi connectivity index (χ0n) is 11.6. The Morgan fingerprint density at radius 3 is 2.62 bits per heavy atom. The second-order valence-electron chi connectivity index (χ2n) is 4.66. The van der Waals surface area contributed by atoms with Crippen molar-refractivity contribution in [1.82, 2.24) is 19.5 Å². The Morgan fingerprint density at radius 1 is 1.38 bits per heavy atom. The van der Waals surface area contributed by atoms with Gasteiger partial charge in [0, 0.05) is 45.6 Å². The van der Waals surface area contributed by atoms with E-state index in [0.717, 1.165) is 0 Å². The molecular formula is C12H17ClN4O3S. The molecule has 1 amide bonds. The molecule has 2 rings (SSSR count). The third kappa shape index (κ3) is 3.70. The van der Waals surface area contributed by atoms with Crippen LogP contribution in [0.25, 0.3) is 0 Å². The summed E-state index contributed by atoms with van der Waals surface area (Å²) in [5.41, 5.74) is 0. The fraction of sp³-hybridized carbons (Fsp3) is 0.500. The Morgan fingerprint density at radius 2 is 2.05 bits per heavy atom. The molecule has 0 saturated carbocycles. The van der Waals surface area contributed by atoms with Crippen LogP contribution in [0.4, 0.5) is 0 Å². The van der Waals surface area contributed by atoms with Gasteiger partial charge >= 0.3 is 0 Å². The van der Waals surface area contributed by atoms with E-state index in [1.165, 1.54) is 22.8 Å². The molecule has 1 aliphatic rings. The number of piperazine rings is 1. The molecule has 1 saturated heterocycles.